The third kappa shape index (κ3) is 7.85. The van der Waals surface area contributed by atoms with Gasteiger partial charge in [0.2, 0.25) is 5.91 Å². The van der Waals surface area contributed by atoms with Gasteiger partial charge in [0.25, 0.3) is 0 Å². The smallest absolute Gasteiger partial charge is 0.241 e. The number of aryl methyl sites for hydroxylation is 1. The van der Waals surface area contributed by atoms with Crippen molar-refractivity contribution in [2.45, 2.75) is 59.6 Å². The van der Waals surface area contributed by atoms with Gasteiger partial charge in [-0.05, 0) is 51.7 Å². The first-order chi connectivity index (χ1) is 13.0. The quantitative estimate of drug-likeness (QED) is 0.325. The van der Waals surface area contributed by atoms with Crippen LogP contribution in [0.25, 0.3) is 0 Å². The van der Waals surface area contributed by atoms with Crippen LogP contribution in [0.1, 0.15) is 51.2 Å². The number of hydrogen-bond acceptors (Lipinski definition) is 3. The lowest BCUT2D eigenvalue weighted by molar-refractivity contribution is -0.128. The van der Waals surface area contributed by atoms with E-state index in [9.17, 15) is 4.79 Å². The summed E-state index contributed by atoms with van der Waals surface area (Å²) in [6, 6.07) is 6.20. The summed E-state index contributed by atoms with van der Waals surface area (Å²) in [7, 11) is 0. The maximum absolute atomic E-state index is 12.2. The fourth-order valence-electron chi connectivity index (χ4n) is 2.95. The lowest BCUT2D eigenvalue weighted by Gasteiger charge is -2.18. The van der Waals surface area contributed by atoms with Gasteiger partial charge in [-0.15, -0.1) is 24.0 Å². The largest absolute Gasteiger partial charge is 0.490 e. The minimum atomic E-state index is 0. The Morgan fingerprint density at radius 3 is 2.61 bits per heavy atom. The summed E-state index contributed by atoms with van der Waals surface area (Å²) in [5.74, 6) is 1.67. The van der Waals surface area contributed by atoms with E-state index in [1.807, 2.05) is 11.8 Å². The number of ether oxygens (including phenoxy) is 1. The van der Waals surface area contributed by atoms with Crippen LogP contribution in [0.3, 0.4) is 0 Å². The van der Waals surface area contributed by atoms with E-state index in [1.165, 1.54) is 5.56 Å². The number of aliphatic imine (C=N–C) groups is 1. The molecule has 6 nitrogen and oxygen atoms in total. The number of halogens is 1. The van der Waals surface area contributed by atoms with Gasteiger partial charge in [-0.1, -0.05) is 19.1 Å². The van der Waals surface area contributed by atoms with Crippen molar-refractivity contribution in [3.05, 3.63) is 29.3 Å². The second kappa shape index (κ2) is 12.9. The number of carbonyl (C=O) groups is 1. The van der Waals surface area contributed by atoms with Gasteiger partial charge < -0.3 is 20.3 Å². The van der Waals surface area contributed by atoms with Crippen molar-refractivity contribution in [1.29, 1.82) is 0 Å². The molecule has 0 aliphatic carbocycles. The average molecular weight is 502 g/mol. The van der Waals surface area contributed by atoms with Gasteiger partial charge in [0, 0.05) is 25.2 Å². The molecule has 1 aliphatic rings. The molecule has 1 atom stereocenters. The molecule has 7 heteroatoms. The lowest BCUT2D eigenvalue weighted by atomic mass is 10.1. The number of amides is 1. The van der Waals surface area contributed by atoms with Crippen molar-refractivity contribution < 1.29 is 9.53 Å². The molecule has 0 saturated carbocycles. The molecular formula is C21H35IN4O2. The zero-order valence-corrected chi connectivity index (χ0v) is 19.9. The first-order valence-corrected chi connectivity index (χ1v) is 10.1. The van der Waals surface area contributed by atoms with Crippen molar-refractivity contribution in [2.24, 2.45) is 4.99 Å². The molecule has 2 N–H and O–H groups in total. The molecule has 1 fully saturated rings. The van der Waals surface area contributed by atoms with Gasteiger partial charge in [0.15, 0.2) is 5.96 Å². The zero-order valence-electron chi connectivity index (χ0n) is 17.6. The molecule has 1 unspecified atom stereocenters. The topological polar surface area (TPSA) is 66.0 Å². The van der Waals surface area contributed by atoms with Crippen LogP contribution in [0.15, 0.2) is 23.2 Å². The van der Waals surface area contributed by atoms with Gasteiger partial charge in [-0.25, -0.2) is 4.99 Å². The monoisotopic (exact) mass is 502 g/mol. The highest BCUT2D eigenvalue weighted by Crippen LogP contribution is 2.23. The van der Waals surface area contributed by atoms with E-state index in [4.69, 9.17) is 4.74 Å². The number of guanidine groups is 1. The minimum Gasteiger partial charge on any atom is -0.490 e. The Hall–Kier alpha value is -1.51. The van der Waals surface area contributed by atoms with Crippen molar-refractivity contribution in [3.8, 4) is 5.75 Å². The van der Waals surface area contributed by atoms with Crippen LogP contribution in [0.5, 0.6) is 5.75 Å². The third-order valence-electron chi connectivity index (χ3n) is 4.74. The van der Waals surface area contributed by atoms with Gasteiger partial charge in [-0.3, -0.25) is 4.79 Å². The van der Waals surface area contributed by atoms with Crippen molar-refractivity contribution >= 4 is 35.8 Å². The fourth-order valence-corrected chi connectivity index (χ4v) is 2.95. The zero-order chi connectivity index (χ0) is 19.6. The van der Waals surface area contributed by atoms with E-state index in [-0.39, 0.29) is 42.5 Å². The number of rotatable bonds is 8. The molecule has 1 saturated heterocycles. The number of nitrogens with zero attached hydrogens (tertiary/aromatic N) is 2. The highest BCUT2D eigenvalue weighted by Gasteiger charge is 2.17. The molecule has 1 heterocycles. The molecule has 1 aromatic rings. The van der Waals surface area contributed by atoms with Crippen molar-refractivity contribution in [3.63, 3.8) is 0 Å². The number of carbonyl (C=O) groups excluding carboxylic acids is 1. The molecule has 0 bridgehead atoms. The molecular weight excluding hydrogens is 467 g/mol. The van der Waals surface area contributed by atoms with Crippen LogP contribution in [0.4, 0.5) is 0 Å². The number of likely N-dealkylation sites (tertiary alicyclic amines) is 1. The second-order valence-corrected chi connectivity index (χ2v) is 7.08. The van der Waals surface area contributed by atoms with Gasteiger partial charge in [0.05, 0.1) is 19.2 Å². The predicted molar refractivity (Wildman–Crippen MR) is 126 cm³/mol. The molecule has 0 aromatic heterocycles. The number of nitrogens with one attached hydrogen (secondary N) is 2. The van der Waals surface area contributed by atoms with Crippen molar-refractivity contribution in [1.82, 2.24) is 15.5 Å². The Balaban J connectivity index is 0.00000392. The highest BCUT2D eigenvalue weighted by atomic mass is 127. The first-order valence-electron chi connectivity index (χ1n) is 10.1. The molecule has 2 rings (SSSR count). The SMILES string of the molecule is CCNC(=NCc1ccc(C)cc1OC(C)CC)NCC(=O)N1CCCC1.I. The fraction of sp³-hybridized carbons (Fsp3) is 0.619. The highest BCUT2D eigenvalue weighted by molar-refractivity contribution is 14.0. The van der Waals surface area contributed by atoms with Crippen LogP contribution < -0.4 is 15.4 Å². The predicted octanol–water partition coefficient (Wildman–Crippen LogP) is 3.47. The van der Waals surface area contributed by atoms with Crippen LogP contribution in [0.2, 0.25) is 0 Å². The third-order valence-corrected chi connectivity index (χ3v) is 4.74. The summed E-state index contributed by atoms with van der Waals surface area (Å²) < 4.78 is 6.06. The number of hydrogen-bond donors (Lipinski definition) is 2. The van der Waals surface area contributed by atoms with Crippen LogP contribution in [-0.2, 0) is 11.3 Å². The standard InChI is InChI=1S/C21H34N4O2.HI/c1-5-17(4)27-19-13-16(3)9-10-18(19)14-23-21(22-6-2)24-15-20(26)25-11-7-8-12-25;/h9-10,13,17H,5-8,11-12,14-15H2,1-4H3,(H2,22,23,24);1H. The summed E-state index contributed by atoms with van der Waals surface area (Å²) in [5, 5.41) is 6.37. The molecule has 1 aliphatic heterocycles. The van der Waals surface area contributed by atoms with Gasteiger partial charge >= 0.3 is 0 Å². The average Bonchev–Trinajstić information content (AvgIpc) is 3.19. The Kier molecular flexibility index (Phi) is 11.3. The maximum Gasteiger partial charge on any atom is 0.241 e. The van der Waals surface area contributed by atoms with Crippen LogP contribution >= 0.6 is 24.0 Å². The summed E-state index contributed by atoms with van der Waals surface area (Å²) in [6.07, 6.45) is 3.33. The van der Waals surface area contributed by atoms with Gasteiger partial charge in [0.1, 0.15) is 5.75 Å². The van der Waals surface area contributed by atoms with E-state index in [1.54, 1.807) is 0 Å². The molecule has 0 spiro atoms. The Bertz CT molecular complexity index is 645. The summed E-state index contributed by atoms with van der Waals surface area (Å²) in [4.78, 5) is 18.8. The first kappa shape index (κ1) is 24.5. The lowest BCUT2D eigenvalue weighted by Crippen LogP contribution is -2.44. The Morgan fingerprint density at radius 2 is 1.96 bits per heavy atom. The minimum absolute atomic E-state index is 0. The molecule has 1 amide bonds. The molecule has 0 radical (unpaired) electrons. The number of benzene rings is 1. The summed E-state index contributed by atoms with van der Waals surface area (Å²) >= 11 is 0. The summed E-state index contributed by atoms with van der Waals surface area (Å²) in [6.45, 7) is 11.5. The van der Waals surface area contributed by atoms with Crippen LogP contribution in [-0.4, -0.2) is 49.0 Å². The Morgan fingerprint density at radius 1 is 1.25 bits per heavy atom. The van der Waals surface area contributed by atoms with E-state index >= 15 is 0 Å². The summed E-state index contributed by atoms with van der Waals surface area (Å²) in [5.41, 5.74) is 2.21. The van der Waals surface area contributed by atoms with E-state index < -0.39 is 0 Å². The maximum atomic E-state index is 12.2. The van der Waals surface area contributed by atoms with Crippen molar-refractivity contribution in [2.75, 3.05) is 26.2 Å². The van der Waals surface area contributed by atoms with E-state index in [0.717, 1.165) is 50.2 Å². The van der Waals surface area contributed by atoms with E-state index in [2.05, 4.69) is 54.6 Å². The normalized spacial score (nSPS) is 15.0. The molecule has 1 aromatic carbocycles. The molecule has 28 heavy (non-hydrogen) atoms. The van der Waals surface area contributed by atoms with E-state index in [0.29, 0.717) is 12.5 Å². The van der Waals surface area contributed by atoms with Crippen LogP contribution in [0, 0.1) is 6.92 Å². The molecule has 158 valence electrons. The van der Waals surface area contributed by atoms with Gasteiger partial charge in [-0.2, -0.15) is 0 Å². The Labute approximate surface area is 186 Å². The second-order valence-electron chi connectivity index (χ2n) is 7.08.